The molecule has 0 bridgehead atoms. The van der Waals surface area contributed by atoms with Crippen LogP contribution in [0.2, 0.25) is 10.0 Å². The molecule has 0 atom stereocenters. The van der Waals surface area contributed by atoms with Crippen molar-refractivity contribution in [2.24, 2.45) is 0 Å². The van der Waals surface area contributed by atoms with Gasteiger partial charge < -0.3 is 10.4 Å². The zero-order chi connectivity index (χ0) is 11.6. The first kappa shape index (κ1) is 11.8. The fourth-order valence-electron chi connectivity index (χ4n) is 0.918. The van der Waals surface area contributed by atoms with Gasteiger partial charge in [-0.05, 0) is 24.6 Å². The Hall–Kier alpha value is -1.26. The average Bonchev–Trinajstić information content (AvgIpc) is 2.13. The molecule has 1 amide bonds. The summed E-state index contributed by atoms with van der Waals surface area (Å²) in [7, 11) is 0. The van der Waals surface area contributed by atoms with Crippen LogP contribution < -0.4 is 5.32 Å². The van der Waals surface area contributed by atoms with E-state index in [0.29, 0.717) is 5.02 Å². The van der Waals surface area contributed by atoms with Crippen LogP contribution >= 0.6 is 23.2 Å². The molecule has 1 aromatic carbocycles. The van der Waals surface area contributed by atoms with Gasteiger partial charge in [-0.15, -0.1) is 0 Å². The maximum absolute atomic E-state index is 10.8. The van der Waals surface area contributed by atoms with Gasteiger partial charge in [-0.2, -0.15) is 0 Å². The first-order chi connectivity index (χ1) is 6.91. The number of carbonyl (C=O) groups is 2. The van der Waals surface area contributed by atoms with E-state index in [2.05, 4.69) is 5.32 Å². The molecule has 4 nitrogen and oxygen atoms in total. The number of hydrogen-bond acceptors (Lipinski definition) is 2. The van der Waals surface area contributed by atoms with Crippen LogP contribution in [-0.4, -0.2) is 17.0 Å². The minimum absolute atomic E-state index is 0.180. The van der Waals surface area contributed by atoms with Crippen molar-refractivity contribution in [1.29, 1.82) is 0 Å². The molecule has 0 saturated carbocycles. The van der Waals surface area contributed by atoms with Crippen molar-refractivity contribution in [3.05, 3.63) is 27.7 Å². The number of anilines is 1. The van der Waals surface area contributed by atoms with E-state index in [0.717, 1.165) is 5.56 Å². The summed E-state index contributed by atoms with van der Waals surface area (Å²) in [5.74, 6) is -2.74. The van der Waals surface area contributed by atoms with Gasteiger partial charge in [0.1, 0.15) is 0 Å². The van der Waals surface area contributed by atoms with Gasteiger partial charge in [-0.1, -0.05) is 23.2 Å². The molecule has 0 fully saturated rings. The highest BCUT2D eigenvalue weighted by molar-refractivity contribution is 6.40. The fourth-order valence-corrected chi connectivity index (χ4v) is 1.35. The SMILES string of the molecule is Cc1cc(Cl)c(NC(=O)C(=O)O)cc1Cl. The summed E-state index contributed by atoms with van der Waals surface area (Å²) in [5, 5.41) is 11.1. The Labute approximate surface area is 95.8 Å². The summed E-state index contributed by atoms with van der Waals surface area (Å²) >= 11 is 11.6. The first-order valence-corrected chi connectivity index (χ1v) is 4.67. The van der Waals surface area contributed by atoms with Crippen molar-refractivity contribution in [3.63, 3.8) is 0 Å². The molecule has 15 heavy (non-hydrogen) atoms. The van der Waals surface area contributed by atoms with Crippen LogP contribution in [0.1, 0.15) is 5.56 Å². The van der Waals surface area contributed by atoms with E-state index in [1.807, 2.05) is 0 Å². The molecule has 0 aliphatic rings. The van der Waals surface area contributed by atoms with Crippen molar-refractivity contribution < 1.29 is 14.7 Å². The largest absolute Gasteiger partial charge is 0.474 e. The number of halogens is 2. The van der Waals surface area contributed by atoms with Crippen LogP contribution in [0.4, 0.5) is 5.69 Å². The van der Waals surface area contributed by atoms with Crippen molar-refractivity contribution >= 4 is 40.8 Å². The number of carboxylic acids is 1. The molecule has 1 rings (SSSR count). The Balaban J connectivity index is 3.01. The van der Waals surface area contributed by atoms with Crippen LogP contribution in [0.15, 0.2) is 12.1 Å². The van der Waals surface area contributed by atoms with Gasteiger partial charge in [0.2, 0.25) is 0 Å². The lowest BCUT2D eigenvalue weighted by molar-refractivity contribution is -0.147. The zero-order valence-corrected chi connectivity index (χ0v) is 9.19. The highest BCUT2D eigenvalue weighted by atomic mass is 35.5. The quantitative estimate of drug-likeness (QED) is 0.749. The van der Waals surface area contributed by atoms with Crippen LogP contribution in [0.5, 0.6) is 0 Å². The van der Waals surface area contributed by atoms with Gasteiger partial charge in [-0.25, -0.2) is 4.79 Å². The van der Waals surface area contributed by atoms with E-state index < -0.39 is 11.9 Å². The highest BCUT2D eigenvalue weighted by Crippen LogP contribution is 2.28. The highest BCUT2D eigenvalue weighted by Gasteiger charge is 2.13. The number of aliphatic carboxylic acids is 1. The third-order valence-corrected chi connectivity index (χ3v) is 2.41. The molecule has 80 valence electrons. The standard InChI is InChI=1S/C9H7Cl2NO3/c1-4-2-6(11)7(3-5(4)10)12-8(13)9(14)15/h2-3H,1H3,(H,12,13)(H,14,15). The van der Waals surface area contributed by atoms with Gasteiger partial charge >= 0.3 is 11.9 Å². The lowest BCUT2D eigenvalue weighted by atomic mass is 10.2. The Morgan fingerprint density at radius 2 is 1.87 bits per heavy atom. The van der Waals surface area contributed by atoms with Gasteiger partial charge in [-0.3, -0.25) is 4.79 Å². The number of carboxylic acid groups (broad SMARTS) is 1. The molecule has 0 heterocycles. The number of carbonyl (C=O) groups excluding carboxylic acids is 1. The van der Waals surface area contributed by atoms with Gasteiger partial charge in [0.15, 0.2) is 0 Å². The Bertz CT molecular complexity index is 432. The maximum Gasteiger partial charge on any atom is 0.394 e. The zero-order valence-electron chi connectivity index (χ0n) is 7.67. The molecule has 0 spiro atoms. The molecular formula is C9H7Cl2NO3. The third-order valence-electron chi connectivity index (χ3n) is 1.69. The number of nitrogens with one attached hydrogen (secondary N) is 1. The first-order valence-electron chi connectivity index (χ1n) is 3.91. The fraction of sp³-hybridized carbons (Fsp3) is 0.111. The van der Waals surface area contributed by atoms with Crippen LogP contribution in [0, 0.1) is 6.92 Å². The maximum atomic E-state index is 10.8. The van der Waals surface area contributed by atoms with E-state index in [9.17, 15) is 9.59 Å². The third kappa shape index (κ3) is 2.84. The number of hydrogen-bond donors (Lipinski definition) is 2. The van der Waals surface area contributed by atoms with E-state index in [4.69, 9.17) is 28.3 Å². The van der Waals surface area contributed by atoms with Crippen LogP contribution in [0.3, 0.4) is 0 Å². The Morgan fingerprint density at radius 3 is 2.40 bits per heavy atom. The monoisotopic (exact) mass is 247 g/mol. The molecule has 0 unspecified atom stereocenters. The Morgan fingerprint density at radius 1 is 1.27 bits per heavy atom. The predicted molar refractivity (Wildman–Crippen MR) is 57.5 cm³/mol. The molecular weight excluding hydrogens is 241 g/mol. The number of rotatable bonds is 1. The second-order valence-electron chi connectivity index (χ2n) is 2.84. The minimum Gasteiger partial charge on any atom is -0.474 e. The van der Waals surface area contributed by atoms with E-state index in [-0.39, 0.29) is 10.7 Å². The second kappa shape index (κ2) is 4.51. The molecule has 0 saturated heterocycles. The predicted octanol–water partition coefficient (Wildman–Crippen LogP) is 2.32. The summed E-state index contributed by atoms with van der Waals surface area (Å²) in [4.78, 5) is 21.1. The van der Waals surface area contributed by atoms with Crippen molar-refractivity contribution in [1.82, 2.24) is 0 Å². The molecule has 1 aromatic rings. The summed E-state index contributed by atoms with van der Waals surface area (Å²) < 4.78 is 0. The average molecular weight is 248 g/mol. The van der Waals surface area contributed by atoms with Crippen molar-refractivity contribution in [2.75, 3.05) is 5.32 Å². The summed E-state index contributed by atoms with van der Waals surface area (Å²) in [6, 6.07) is 2.95. The summed E-state index contributed by atoms with van der Waals surface area (Å²) in [5.41, 5.74) is 0.926. The second-order valence-corrected chi connectivity index (χ2v) is 3.65. The molecule has 6 heteroatoms. The normalized spacial score (nSPS) is 9.80. The number of benzene rings is 1. The topological polar surface area (TPSA) is 66.4 Å². The molecule has 0 radical (unpaired) electrons. The lowest BCUT2D eigenvalue weighted by Crippen LogP contribution is -2.22. The van der Waals surface area contributed by atoms with Gasteiger partial charge in [0.25, 0.3) is 0 Å². The summed E-state index contributed by atoms with van der Waals surface area (Å²) in [6.45, 7) is 1.75. The number of aryl methyl sites for hydroxylation is 1. The molecule has 0 aromatic heterocycles. The Kier molecular flexibility index (Phi) is 3.55. The van der Waals surface area contributed by atoms with Gasteiger partial charge in [0.05, 0.1) is 10.7 Å². The molecule has 0 aliphatic carbocycles. The lowest BCUT2D eigenvalue weighted by Gasteiger charge is -2.07. The smallest absolute Gasteiger partial charge is 0.394 e. The summed E-state index contributed by atoms with van der Waals surface area (Å²) in [6.07, 6.45) is 0. The molecule has 2 N–H and O–H groups in total. The minimum atomic E-state index is -1.58. The molecule has 0 aliphatic heterocycles. The number of amides is 1. The van der Waals surface area contributed by atoms with E-state index in [1.54, 1.807) is 13.0 Å². The van der Waals surface area contributed by atoms with E-state index in [1.165, 1.54) is 6.07 Å². The van der Waals surface area contributed by atoms with Crippen molar-refractivity contribution in [2.45, 2.75) is 6.92 Å². The van der Waals surface area contributed by atoms with Crippen LogP contribution in [-0.2, 0) is 9.59 Å². The van der Waals surface area contributed by atoms with Crippen molar-refractivity contribution in [3.8, 4) is 0 Å². The van der Waals surface area contributed by atoms with Gasteiger partial charge in [0, 0.05) is 5.02 Å². The van der Waals surface area contributed by atoms with E-state index >= 15 is 0 Å². The van der Waals surface area contributed by atoms with Crippen LogP contribution in [0.25, 0.3) is 0 Å².